The van der Waals surface area contributed by atoms with Gasteiger partial charge in [0.15, 0.2) is 0 Å². The van der Waals surface area contributed by atoms with Crippen molar-refractivity contribution in [3.63, 3.8) is 0 Å². The van der Waals surface area contributed by atoms with Gasteiger partial charge >= 0.3 is 0 Å². The number of hydrogen-bond acceptors (Lipinski definition) is 2. The minimum absolute atomic E-state index is 0.406. The summed E-state index contributed by atoms with van der Waals surface area (Å²) in [5, 5.41) is 3.62. The highest BCUT2D eigenvalue weighted by Gasteiger charge is 2.21. The molecule has 2 aromatic rings. The van der Waals surface area contributed by atoms with E-state index in [0.29, 0.717) is 6.04 Å². The summed E-state index contributed by atoms with van der Waals surface area (Å²) in [5.41, 5.74) is 4.04. The van der Waals surface area contributed by atoms with Crippen molar-refractivity contribution in [2.75, 3.05) is 24.5 Å². The zero-order chi connectivity index (χ0) is 13.9. The molecule has 1 unspecified atom stereocenters. The summed E-state index contributed by atoms with van der Waals surface area (Å²) >= 11 is 3.58. The monoisotopic (exact) mass is 330 g/mol. The molecule has 104 valence electrons. The first-order valence-electron chi connectivity index (χ1n) is 7.03. The maximum absolute atomic E-state index is 3.62. The second-order valence-electron chi connectivity index (χ2n) is 5.29. The van der Waals surface area contributed by atoms with Crippen LogP contribution in [0.25, 0.3) is 0 Å². The number of benzene rings is 2. The van der Waals surface area contributed by atoms with Gasteiger partial charge in [0, 0.05) is 35.8 Å². The summed E-state index contributed by atoms with van der Waals surface area (Å²) in [5.74, 6) is 0. The summed E-state index contributed by atoms with van der Waals surface area (Å²) in [6, 6.07) is 17.6. The fourth-order valence-corrected chi connectivity index (χ4v) is 3.15. The van der Waals surface area contributed by atoms with E-state index in [0.717, 1.165) is 24.1 Å². The number of aryl methyl sites for hydroxylation is 1. The van der Waals surface area contributed by atoms with E-state index < -0.39 is 0 Å². The molecule has 0 amide bonds. The summed E-state index contributed by atoms with van der Waals surface area (Å²) < 4.78 is 1.15. The maximum Gasteiger partial charge on any atom is 0.0498 e. The first-order valence-corrected chi connectivity index (χ1v) is 7.83. The predicted octanol–water partition coefficient (Wildman–Crippen LogP) is 3.91. The number of nitrogens with one attached hydrogen (secondary N) is 1. The number of piperazine rings is 1. The average molecular weight is 331 g/mol. The van der Waals surface area contributed by atoms with Crippen LogP contribution in [0, 0.1) is 6.92 Å². The Hall–Kier alpha value is -1.32. The minimum atomic E-state index is 0.406. The Morgan fingerprint density at radius 3 is 2.75 bits per heavy atom. The molecule has 1 fully saturated rings. The van der Waals surface area contributed by atoms with E-state index >= 15 is 0 Å². The molecule has 0 aromatic heterocycles. The number of hydrogen-bond donors (Lipinski definition) is 1. The van der Waals surface area contributed by atoms with Gasteiger partial charge in [-0.05, 0) is 30.2 Å². The summed E-state index contributed by atoms with van der Waals surface area (Å²) in [6.45, 7) is 5.27. The summed E-state index contributed by atoms with van der Waals surface area (Å²) in [4.78, 5) is 2.48. The highest BCUT2D eigenvalue weighted by molar-refractivity contribution is 9.10. The third kappa shape index (κ3) is 2.89. The van der Waals surface area contributed by atoms with Crippen LogP contribution in [0.1, 0.15) is 17.2 Å². The van der Waals surface area contributed by atoms with Crippen molar-refractivity contribution in [2.24, 2.45) is 0 Å². The second kappa shape index (κ2) is 5.98. The van der Waals surface area contributed by atoms with Crippen LogP contribution >= 0.6 is 15.9 Å². The molecular weight excluding hydrogens is 312 g/mol. The van der Waals surface area contributed by atoms with Gasteiger partial charge in [-0.25, -0.2) is 0 Å². The molecule has 0 bridgehead atoms. The van der Waals surface area contributed by atoms with Crippen molar-refractivity contribution < 1.29 is 0 Å². The van der Waals surface area contributed by atoms with E-state index in [1.807, 2.05) is 0 Å². The van der Waals surface area contributed by atoms with E-state index in [4.69, 9.17) is 0 Å². The van der Waals surface area contributed by atoms with Gasteiger partial charge in [-0.3, -0.25) is 0 Å². The lowest BCUT2D eigenvalue weighted by Crippen LogP contribution is -2.46. The van der Waals surface area contributed by atoms with Gasteiger partial charge in [0.2, 0.25) is 0 Å². The highest BCUT2D eigenvalue weighted by Crippen LogP contribution is 2.28. The number of anilines is 1. The van der Waals surface area contributed by atoms with Crippen molar-refractivity contribution in [1.29, 1.82) is 0 Å². The summed E-state index contributed by atoms with van der Waals surface area (Å²) in [6.07, 6.45) is 0. The predicted molar refractivity (Wildman–Crippen MR) is 88.3 cm³/mol. The Labute approximate surface area is 128 Å². The van der Waals surface area contributed by atoms with E-state index in [2.05, 4.69) is 81.6 Å². The number of nitrogens with zero attached hydrogens (tertiary/aromatic N) is 1. The fourth-order valence-electron chi connectivity index (χ4n) is 2.80. The van der Waals surface area contributed by atoms with Crippen LogP contribution < -0.4 is 10.2 Å². The highest BCUT2D eigenvalue weighted by atomic mass is 79.9. The summed E-state index contributed by atoms with van der Waals surface area (Å²) in [7, 11) is 0. The van der Waals surface area contributed by atoms with E-state index in [9.17, 15) is 0 Å². The van der Waals surface area contributed by atoms with E-state index in [-0.39, 0.29) is 0 Å². The fraction of sp³-hybridized carbons (Fsp3) is 0.294. The van der Waals surface area contributed by atoms with Crippen LogP contribution in [-0.2, 0) is 0 Å². The van der Waals surface area contributed by atoms with Crippen LogP contribution in [0.3, 0.4) is 0 Å². The Bertz CT molecular complexity index is 583. The Kier molecular flexibility index (Phi) is 4.08. The van der Waals surface area contributed by atoms with Crippen molar-refractivity contribution in [2.45, 2.75) is 13.0 Å². The number of halogens is 1. The molecule has 2 nitrogen and oxygen atoms in total. The van der Waals surface area contributed by atoms with Crippen LogP contribution in [0.2, 0.25) is 0 Å². The second-order valence-corrected chi connectivity index (χ2v) is 6.21. The van der Waals surface area contributed by atoms with Gasteiger partial charge in [-0.2, -0.15) is 0 Å². The third-order valence-corrected chi connectivity index (χ3v) is 4.38. The standard InChI is InChI=1S/C17H19BrN2/c1-13-7-8-15(18)11-17(13)20-10-9-19-16(12-20)14-5-3-2-4-6-14/h2-8,11,16,19H,9-10,12H2,1H3. The van der Waals surface area contributed by atoms with Crippen LogP contribution in [0.5, 0.6) is 0 Å². The molecule has 1 saturated heterocycles. The molecule has 0 saturated carbocycles. The van der Waals surface area contributed by atoms with Crippen LogP contribution in [0.4, 0.5) is 5.69 Å². The Morgan fingerprint density at radius 1 is 1.15 bits per heavy atom. The van der Waals surface area contributed by atoms with Gasteiger partial charge in [-0.1, -0.05) is 52.3 Å². The molecule has 1 aliphatic heterocycles. The van der Waals surface area contributed by atoms with Crippen molar-refractivity contribution in [1.82, 2.24) is 5.32 Å². The first-order chi connectivity index (χ1) is 9.74. The van der Waals surface area contributed by atoms with Crippen molar-refractivity contribution in [3.05, 3.63) is 64.1 Å². The van der Waals surface area contributed by atoms with Crippen molar-refractivity contribution >= 4 is 21.6 Å². The SMILES string of the molecule is Cc1ccc(Br)cc1N1CCNC(c2ccccc2)C1. The lowest BCUT2D eigenvalue weighted by molar-refractivity contribution is 0.471. The maximum atomic E-state index is 3.62. The largest absolute Gasteiger partial charge is 0.368 e. The lowest BCUT2D eigenvalue weighted by Gasteiger charge is -2.36. The quantitative estimate of drug-likeness (QED) is 0.898. The van der Waals surface area contributed by atoms with Gasteiger partial charge in [0.25, 0.3) is 0 Å². The zero-order valence-electron chi connectivity index (χ0n) is 11.6. The van der Waals surface area contributed by atoms with Gasteiger partial charge < -0.3 is 10.2 Å². The molecule has 3 heteroatoms. The van der Waals surface area contributed by atoms with Gasteiger partial charge in [0.05, 0.1) is 0 Å². The topological polar surface area (TPSA) is 15.3 Å². The molecule has 1 heterocycles. The molecule has 20 heavy (non-hydrogen) atoms. The molecule has 0 radical (unpaired) electrons. The minimum Gasteiger partial charge on any atom is -0.368 e. The van der Waals surface area contributed by atoms with Crippen LogP contribution in [0.15, 0.2) is 53.0 Å². The molecular formula is C17H19BrN2. The molecule has 2 aromatic carbocycles. The van der Waals surface area contributed by atoms with Gasteiger partial charge in [-0.15, -0.1) is 0 Å². The smallest absolute Gasteiger partial charge is 0.0498 e. The Balaban J connectivity index is 1.83. The molecule has 0 aliphatic carbocycles. The molecule has 1 aliphatic rings. The third-order valence-electron chi connectivity index (χ3n) is 3.89. The first kappa shape index (κ1) is 13.7. The lowest BCUT2D eigenvalue weighted by atomic mass is 10.0. The molecule has 3 rings (SSSR count). The van der Waals surface area contributed by atoms with E-state index in [1.165, 1.54) is 16.8 Å². The molecule has 1 atom stereocenters. The molecule has 0 spiro atoms. The zero-order valence-corrected chi connectivity index (χ0v) is 13.2. The van der Waals surface area contributed by atoms with Crippen LogP contribution in [-0.4, -0.2) is 19.6 Å². The Morgan fingerprint density at radius 2 is 1.95 bits per heavy atom. The number of rotatable bonds is 2. The average Bonchev–Trinajstić information content (AvgIpc) is 2.51. The van der Waals surface area contributed by atoms with Gasteiger partial charge in [0.1, 0.15) is 0 Å². The molecule has 1 N–H and O–H groups in total. The normalized spacial score (nSPS) is 19.1. The van der Waals surface area contributed by atoms with Crippen molar-refractivity contribution in [3.8, 4) is 0 Å². The van der Waals surface area contributed by atoms with E-state index in [1.54, 1.807) is 0 Å².